The van der Waals surface area contributed by atoms with Gasteiger partial charge in [0.1, 0.15) is 5.82 Å². The van der Waals surface area contributed by atoms with Gasteiger partial charge in [0.15, 0.2) is 0 Å². The van der Waals surface area contributed by atoms with Gasteiger partial charge in [0, 0.05) is 39.2 Å². The highest BCUT2D eigenvalue weighted by Crippen LogP contribution is 2.21. The van der Waals surface area contributed by atoms with Gasteiger partial charge in [-0.05, 0) is 38.0 Å². The summed E-state index contributed by atoms with van der Waals surface area (Å²) in [6.07, 6.45) is 0. The monoisotopic (exact) mass is 369 g/mol. The molecular weight excluding hydrogens is 342 g/mol. The van der Waals surface area contributed by atoms with Crippen molar-refractivity contribution in [2.45, 2.75) is 27.7 Å². The van der Waals surface area contributed by atoms with Gasteiger partial charge in [0.05, 0.1) is 17.9 Å². The Morgan fingerprint density at radius 1 is 1.07 bits per heavy atom. The molecule has 0 atom stereocenters. The summed E-state index contributed by atoms with van der Waals surface area (Å²) >= 11 is 0. The first-order chi connectivity index (χ1) is 12.8. The van der Waals surface area contributed by atoms with Crippen LogP contribution in [0.25, 0.3) is 5.69 Å². The van der Waals surface area contributed by atoms with E-state index in [0.29, 0.717) is 38.5 Å². The van der Waals surface area contributed by atoms with Gasteiger partial charge >= 0.3 is 0 Å². The number of carbonyl (C=O) groups excluding carboxylic acids is 2. The van der Waals surface area contributed by atoms with Gasteiger partial charge in [-0.2, -0.15) is 5.10 Å². The molecule has 2 aromatic rings. The summed E-state index contributed by atoms with van der Waals surface area (Å²) in [5, 5.41) is 7.55. The molecule has 1 fully saturated rings. The number of anilines is 1. The molecule has 0 bridgehead atoms. The standard InChI is InChI=1S/C20H27N5O2/c1-14-5-6-15(2)18(11-14)25-19(12-16(3)22-25)21-20(27)13-23-7-9-24(10-8-23)17(4)26/h5-6,11-12H,7-10,13H2,1-4H3,(H,21,27). The third-order valence-electron chi connectivity index (χ3n) is 4.88. The van der Waals surface area contributed by atoms with E-state index >= 15 is 0 Å². The van der Waals surface area contributed by atoms with E-state index in [1.54, 1.807) is 11.6 Å². The van der Waals surface area contributed by atoms with Crippen LogP contribution >= 0.6 is 0 Å². The summed E-state index contributed by atoms with van der Waals surface area (Å²) in [5.74, 6) is 0.693. The van der Waals surface area contributed by atoms with Crippen molar-refractivity contribution in [1.82, 2.24) is 19.6 Å². The van der Waals surface area contributed by atoms with Crippen LogP contribution in [-0.2, 0) is 9.59 Å². The predicted molar refractivity (Wildman–Crippen MR) is 105 cm³/mol. The van der Waals surface area contributed by atoms with E-state index < -0.39 is 0 Å². The van der Waals surface area contributed by atoms with Crippen molar-refractivity contribution in [3.63, 3.8) is 0 Å². The Morgan fingerprint density at radius 2 is 1.78 bits per heavy atom. The molecule has 1 aliphatic rings. The van der Waals surface area contributed by atoms with E-state index in [-0.39, 0.29) is 11.8 Å². The number of carbonyl (C=O) groups is 2. The molecule has 27 heavy (non-hydrogen) atoms. The Balaban J connectivity index is 1.69. The number of nitrogens with one attached hydrogen (secondary N) is 1. The lowest BCUT2D eigenvalue weighted by Gasteiger charge is -2.33. The molecule has 2 heterocycles. The average molecular weight is 369 g/mol. The normalized spacial score (nSPS) is 15.0. The molecule has 3 rings (SSSR count). The number of aryl methyl sites for hydroxylation is 3. The molecule has 0 saturated carbocycles. The molecule has 2 amide bonds. The molecule has 1 aromatic heterocycles. The lowest BCUT2D eigenvalue weighted by Crippen LogP contribution is -2.49. The lowest BCUT2D eigenvalue weighted by molar-refractivity contribution is -0.130. The molecule has 0 spiro atoms. The fourth-order valence-electron chi connectivity index (χ4n) is 3.33. The molecule has 7 nitrogen and oxygen atoms in total. The second-order valence-electron chi connectivity index (χ2n) is 7.20. The van der Waals surface area contributed by atoms with E-state index in [2.05, 4.69) is 33.5 Å². The summed E-state index contributed by atoms with van der Waals surface area (Å²) in [6, 6.07) is 8.07. The fourth-order valence-corrected chi connectivity index (χ4v) is 3.33. The average Bonchev–Trinajstić information content (AvgIpc) is 2.97. The zero-order chi connectivity index (χ0) is 19.6. The Hall–Kier alpha value is -2.67. The highest BCUT2D eigenvalue weighted by molar-refractivity contribution is 5.91. The van der Waals surface area contributed by atoms with Crippen molar-refractivity contribution in [3.05, 3.63) is 41.1 Å². The number of aromatic nitrogens is 2. The van der Waals surface area contributed by atoms with Gasteiger partial charge in [-0.3, -0.25) is 14.5 Å². The van der Waals surface area contributed by atoms with Gasteiger partial charge in [-0.1, -0.05) is 12.1 Å². The van der Waals surface area contributed by atoms with Crippen LogP contribution in [0.4, 0.5) is 5.82 Å². The van der Waals surface area contributed by atoms with Gasteiger partial charge in [0.2, 0.25) is 11.8 Å². The smallest absolute Gasteiger partial charge is 0.239 e. The minimum Gasteiger partial charge on any atom is -0.340 e. The fraction of sp³-hybridized carbons (Fsp3) is 0.450. The van der Waals surface area contributed by atoms with E-state index in [1.165, 1.54) is 0 Å². The number of hydrogen-bond donors (Lipinski definition) is 1. The maximum Gasteiger partial charge on any atom is 0.239 e. The summed E-state index contributed by atoms with van der Waals surface area (Å²) in [6.45, 7) is 10.6. The minimum absolute atomic E-state index is 0.0715. The number of hydrogen-bond acceptors (Lipinski definition) is 4. The van der Waals surface area contributed by atoms with Crippen molar-refractivity contribution in [2.24, 2.45) is 0 Å². The van der Waals surface area contributed by atoms with Crippen molar-refractivity contribution >= 4 is 17.6 Å². The molecule has 1 saturated heterocycles. The number of nitrogens with zero attached hydrogens (tertiary/aromatic N) is 4. The van der Waals surface area contributed by atoms with Crippen LogP contribution in [0.1, 0.15) is 23.7 Å². The predicted octanol–water partition coefficient (Wildman–Crippen LogP) is 1.90. The molecule has 7 heteroatoms. The molecule has 1 N–H and O–H groups in total. The van der Waals surface area contributed by atoms with E-state index in [1.807, 2.05) is 31.7 Å². The van der Waals surface area contributed by atoms with E-state index in [4.69, 9.17) is 0 Å². The second-order valence-corrected chi connectivity index (χ2v) is 7.20. The van der Waals surface area contributed by atoms with Crippen LogP contribution in [0.5, 0.6) is 0 Å². The molecule has 0 unspecified atom stereocenters. The summed E-state index contributed by atoms with van der Waals surface area (Å²) in [4.78, 5) is 27.9. The van der Waals surface area contributed by atoms with Gasteiger partial charge in [-0.15, -0.1) is 0 Å². The minimum atomic E-state index is -0.0715. The number of piperazine rings is 1. The first kappa shape index (κ1) is 19.1. The van der Waals surface area contributed by atoms with Crippen molar-refractivity contribution < 1.29 is 9.59 Å². The molecule has 1 aliphatic heterocycles. The summed E-state index contributed by atoms with van der Waals surface area (Å²) < 4.78 is 1.79. The SMILES string of the molecule is CC(=O)N1CCN(CC(=O)Nc2cc(C)nn2-c2cc(C)ccc2C)CC1. The number of benzene rings is 1. The largest absolute Gasteiger partial charge is 0.340 e. The van der Waals surface area contributed by atoms with Gasteiger partial charge in [0.25, 0.3) is 0 Å². The molecule has 144 valence electrons. The quantitative estimate of drug-likeness (QED) is 0.894. The Kier molecular flexibility index (Phi) is 5.60. The van der Waals surface area contributed by atoms with Gasteiger partial charge < -0.3 is 10.2 Å². The maximum atomic E-state index is 12.6. The van der Waals surface area contributed by atoms with Crippen LogP contribution in [-0.4, -0.2) is 64.1 Å². The zero-order valence-electron chi connectivity index (χ0n) is 16.5. The topological polar surface area (TPSA) is 70.5 Å². The van der Waals surface area contributed by atoms with Crippen LogP contribution in [0.15, 0.2) is 24.3 Å². The summed E-state index contributed by atoms with van der Waals surface area (Å²) in [7, 11) is 0. The lowest BCUT2D eigenvalue weighted by atomic mass is 10.1. The Labute approximate surface area is 159 Å². The zero-order valence-corrected chi connectivity index (χ0v) is 16.5. The highest BCUT2D eigenvalue weighted by Gasteiger charge is 2.21. The molecule has 0 radical (unpaired) electrons. The third kappa shape index (κ3) is 4.54. The maximum absolute atomic E-state index is 12.6. The third-order valence-corrected chi connectivity index (χ3v) is 4.88. The second kappa shape index (κ2) is 7.92. The van der Waals surface area contributed by atoms with Crippen molar-refractivity contribution in [1.29, 1.82) is 0 Å². The number of rotatable bonds is 4. The van der Waals surface area contributed by atoms with Crippen LogP contribution in [0.2, 0.25) is 0 Å². The highest BCUT2D eigenvalue weighted by atomic mass is 16.2. The van der Waals surface area contributed by atoms with E-state index in [9.17, 15) is 9.59 Å². The Morgan fingerprint density at radius 3 is 2.44 bits per heavy atom. The first-order valence-electron chi connectivity index (χ1n) is 9.25. The number of amides is 2. The first-order valence-corrected chi connectivity index (χ1v) is 9.25. The molecule has 1 aromatic carbocycles. The van der Waals surface area contributed by atoms with Crippen molar-refractivity contribution in [3.8, 4) is 5.69 Å². The molecule has 0 aliphatic carbocycles. The summed E-state index contributed by atoms with van der Waals surface area (Å²) in [5.41, 5.74) is 4.05. The van der Waals surface area contributed by atoms with Crippen molar-refractivity contribution in [2.75, 3.05) is 38.0 Å². The Bertz CT molecular complexity index is 850. The van der Waals surface area contributed by atoms with Crippen LogP contribution in [0.3, 0.4) is 0 Å². The van der Waals surface area contributed by atoms with Gasteiger partial charge in [-0.25, -0.2) is 4.68 Å². The van der Waals surface area contributed by atoms with Crippen LogP contribution in [0, 0.1) is 20.8 Å². The molecular formula is C20H27N5O2. The van der Waals surface area contributed by atoms with E-state index in [0.717, 1.165) is 22.5 Å². The van der Waals surface area contributed by atoms with Crippen LogP contribution < -0.4 is 5.32 Å².